The van der Waals surface area contributed by atoms with E-state index in [9.17, 15) is 0 Å². The Morgan fingerprint density at radius 2 is 2.36 bits per heavy atom. The van der Waals surface area contributed by atoms with Crippen LogP contribution in [-0.2, 0) is 6.54 Å². The average Bonchev–Trinajstić information content (AvgIpc) is 3.16. The summed E-state index contributed by atoms with van der Waals surface area (Å²) in [6.07, 6.45) is 1.00. The molecular weight excluding hydrogens is 280 g/mol. The molecule has 0 aliphatic carbocycles. The summed E-state index contributed by atoms with van der Waals surface area (Å²) in [6.45, 7) is 4.42. The van der Waals surface area contributed by atoms with Gasteiger partial charge in [-0.2, -0.15) is 10.2 Å². The molecule has 114 valence electrons. The van der Waals surface area contributed by atoms with Crippen LogP contribution >= 0.6 is 0 Å². The van der Waals surface area contributed by atoms with E-state index in [0.29, 0.717) is 11.4 Å². The number of rotatable bonds is 4. The summed E-state index contributed by atoms with van der Waals surface area (Å²) in [4.78, 5) is 6.65. The molecule has 1 aromatic heterocycles. The van der Waals surface area contributed by atoms with Crippen LogP contribution < -0.4 is 4.74 Å². The van der Waals surface area contributed by atoms with Gasteiger partial charge in [-0.05, 0) is 38.1 Å². The van der Waals surface area contributed by atoms with E-state index in [-0.39, 0.29) is 5.92 Å². The van der Waals surface area contributed by atoms with Crippen LogP contribution in [0.25, 0.3) is 0 Å². The van der Waals surface area contributed by atoms with Gasteiger partial charge in [-0.25, -0.2) is 0 Å². The maximum atomic E-state index is 9.05. The van der Waals surface area contributed by atoms with E-state index in [0.717, 1.165) is 43.3 Å². The summed E-state index contributed by atoms with van der Waals surface area (Å²) < 4.78 is 10.7. The maximum absolute atomic E-state index is 9.05. The van der Waals surface area contributed by atoms with E-state index < -0.39 is 0 Å². The standard InChI is InChI=1S/C16H18N4O2/c1-11-18-16(22-19-11)13-5-6-20(9-13)10-14-7-12(8-17)3-4-15(14)21-2/h3-4,7,13H,5-6,9-10H2,1-2H3/t13-/m1/s1. The number of aryl methyl sites for hydroxylation is 1. The van der Waals surface area contributed by atoms with E-state index >= 15 is 0 Å². The molecule has 1 fully saturated rings. The fraction of sp³-hybridized carbons (Fsp3) is 0.438. The molecule has 1 aromatic carbocycles. The van der Waals surface area contributed by atoms with Crippen LogP contribution in [-0.4, -0.2) is 35.2 Å². The lowest BCUT2D eigenvalue weighted by molar-refractivity contribution is 0.302. The maximum Gasteiger partial charge on any atom is 0.231 e. The van der Waals surface area contributed by atoms with Gasteiger partial charge in [0.15, 0.2) is 5.82 Å². The highest BCUT2D eigenvalue weighted by Gasteiger charge is 2.28. The Morgan fingerprint density at radius 3 is 3.05 bits per heavy atom. The van der Waals surface area contributed by atoms with Gasteiger partial charge in [-0.1, -0.05) is 5.16 Å². The highest BCUT2D eigenvalue weighted by atomic mass is 16.5. The van der Waals surface area contributed by atoms with Gasteiger partial charge in [0, 0.05) is 18.7 Å². The normalized spacial score (nSPS) is 18.3. The topological polar surface area (TPSA) is 75.2 Å². The van der Waals surface area contributed by atoms with Gasteiger partial charge in [-0.3, -0.25) is 4.90 Å². The smallest absolute Gasteiger partial charge is 0.231 e. The van der Waals surface area contributed by atoms with Crippen molar-refractivity contribution in [2.75, 3.05) is 20.2 Å². The van der Waals surface area contributed by atoms with Gasteiger partial charge in [0.2, 0.25) is 5.89 Å². The molecule has 2 aromatic rings. The van der Waals surface area contributed by atoms with Crippen molar-refractivity contribution in [2.24, 2.45) is 0 Å². The van der Waals surface area contributed by atoms with Gasteiger partial charge >= 0.3 is 0 Å². The van der Waals surface area contributed by atoms with Crippen LogP contribution in [0.15, 0.2) is 22.7 Å². The van der Waals surface area contributed by atoms with Crippen LogP contribution in [0.1, 0.15) is 35.2 Å². The summed E-state index contributed by atoms with van der Waals surface area (Å²) in [5.41, 5.74) is 1.68. The fourth-order valence-electron chi connectivity index (χ4n) is 2.87. The Hall–Kier alpha value is -2.39. The monoisotopic (exact) mass is 298 g/mol. The largest absolute Gasteiger partial charge is 0.496 e. The van der Waals surface area contributed by atoms with Crippen molar-refractivity contribution in [1.82, 2.24) is 15.0 Å². The molecule has 1 aliphatic heterocycles. The summed E-state index contributed by atoms with van der Waals surface area (Å²) >= 11 is 0. The lowest BCUT2D eigenvalue weighted by atomic mass is 10.1. The van der Waals surface area contributed by atoms with E-state index in [1.807, 2.05) is 19.1 Å². The fourth-order valence-corrected chi connectivity index (χ4v) is 2.87. The molecule has 22 heavy (non-hydrogen) atoms. The van der Waals surface area contributed by atoms with Crippen LogP contribution in [0.3, 0.4) is 0 Å². The molecule has 6 nitrogen and oxygen atoms in total. The van der Waals surface area contributed by atoms with E-state index in [4.69, 9.17) is 14.5 Å². The molecule has 2 heterocycles. The molecule has 1 atom stereocenters. The predicted molar refractivity (Wildman–Crippen MR) is 79.4 cm³/mol. The highest BCUT2D eigenvalue weighted by molar-refractivity contribution is 5.42. The SMILES string of the molecule is COc1ccc(C#N)cc1CN1CC[C@@H](c2nc(C)no2)C1. The third-order valence-corrected chi connectivity index (χ3v) is 3.97. The number of likely N-dealkylation sites (tertiary alicyclic amines) is 1. The third-order valence-electron chi connectivity index (χ3n) is 3.97. The van der Waals surface area contributed by atoms with Crippen molar-refractivity contribution in [3.05, 3.63) is 41.0 Å². The van der Waals surface area contributed by atoms with Crippen molar-refractivity contribution in [3.8, 4) is 11.8 Å². The zero-order valence-corrected chi connectivity index (χ0v) is 12.7. The molecule has 0 spiro atoms. The first-order valence-electron chi connectivity index (χ1n) is 7.29. The van der Waals surface area contributed by atoms with Crippen molar-refractivity contribution >= 4 is 0 Å². The molecule has 0 saturated carbocycles. The molecule has 0 unspecified atom stereocenters. The van der Waals surface area contributed by atoms with Crippen molar-refractivity contribution in [3.63, 3.8) is 0 Å². The number of aromatic nitrogens is 2. The van der Waals surface area contributed by atoms with Crippen LogP contribution in [0.5, 0.6) is 5.75 Å². The second-order valence-electron chi connectivity index (χ2n) is 5.54. The molecule has 6 heteroatoms. The van der Waals surface area contributed by atoms with E-state index in [1.165, 1.54) is 0 Å². The molecule has 0 N–H and O–H groups in total. The molecule has 3 rings (SSSR count). The average molecular weight is 298 g/mol. The Balaban J connectivity index is 1.71. The van der Waals surface area contributed by atoms with Crippen LogP contribution in [0.2, 0.25) is 0 Å². The molecule has 0 radical (unpaired) electrons. The molecule has 1 saturated heterocycles. The lowest BCUT2D eigenvalue weighted by Crippen LogP contribution is -2.20. The molecule has 0 amide bonds. The number of ether oxygens (including phenoxy) is 1. The summed E-state index contributed by atoms with van der Waals surface area (Å²) in [5, 5.41) is 12.9. The van der Waals surface area contributed by atoms with Gasteiger partial charge in [0.05, 0.1) is 24.7 Å². The first-order valence-corrected chi connectivity index (χ1v) is 7.29. The Labute approximate surface area is 129 Å². The van der Waals surface area contributed by atoms with Crippen LogP contribution in [0, 0.1) is 18.3 Å². The minimum Gasteiger partial charge on any atom is -0.496 e. The number of nitrogens with zero attached hydrogens (tertiary/aromatic N) is 4. The van der Waals surface area contributed by atoms with E-state index in [1.54, 1.807) is 13.2 Å². The zero-order valence-electron chi connectivity index (χ0n) is 12.7. The third kappa shape index (κ3) is 2.95. The quantitative estimate of drug-likeness (QED) is 0.861. The predicted octanol–water partition coefficient (Wildman–Crippen LogP) is 2.25. The zero-order chi connectivity index (χ0) is 15.5. The second-order valence-corrected chi connectivity index (χ2v) is 5.54. The number of benzene rings is 1. The van der Waals surface area contributed by atoms with Crippen molar-refractivity contribution in [1.29, 1.82) is 5.26 Å². The minimum absolute atomic E-state index is 0.284. The Bertz CT molecular complexity index is 704. The Kier molecular flexibility index (Phi) is 4.07. The van der Waals surface area contributed by atoms with Gasteiger partial charge in [-0.15, -0.1) is 0 Å². The first-order chi connectivity index (χ1) is 10.7. The number of hydrogen-bond acceptors (Lipinski definition) is 6. The molecule has 0 bridgehead atoms. The van der Waals surface area contributed by atoms with Crippen molar-refractivity contribution in [2.45, 2.75) is 25.8 Å². The summed E-state index contributed by atoms with van der Waals surface area (Å²) in [7, 11) is 1.65. The van der Waals surface area contributed by atoms with Crippen molar-refractivity contribution < 1.29 is 9.26 Å². The molecule has 1 aliphatic rings. The summed E-state index contributed by atoms with van der Waals surface area (Å²) in [6, 6.07) is 7.69. The van der Waals surface area contributed by atoms with Crippen LogP contribution in [0.4, 0.5) is 0 Å². The lowest BCUT2D eigenvalue weighted by Gasteiger charge is -2.17. The first kappa shape index (κ1) is 14.5. The molecular formula is C16H18N4O2. The number of nitriles is 1. The minimum atomic E-state index is 0.284. The number of hydrogen-bond donors (Lipinski definition) is 0. The summed E-state index contributed by atoms with van der Waals surface area (Å²) in [5.74, 6) is 2.50. The van der Waals surface area contributed by atoms with Gasteiger partial charge < -0.3 is 9.26 Å². The van der Waals surface area contributed by atoms with E-state index in [2.05, 4.69) is 21.1 Å². The van der Waals surface area contributed by atoms with Gasteiger partial charge in [0.1, 0.15) is 5.75 Å². The second kappa shape index (κ2) is 6.16. The highest BCUT2D eigenvalue weighted by Crippen LogP contribution is 2.29. The Morgan fingerprint density at radius 1 is 1.50 bits per heavy atom. The van der Waals surface area contributed by atoms with Gasteiger partial charge in [0.25, 0.3) is 0 Å². The number of methoxy groups -OCH3 is 1.